The van der Waals surface area contributed by atoms with E-state index in [-0.39, 0.29) is 5.41 Å². The van der Waals surface area contributed by atoms with Crippen molar-refractivity contribution in [2.24, 2.45) is 0 Å². The Hall–Kier alpha value is -8.92. The van der Waals surface area contributed by atoms with Crippen LogP contribution in [0.25, 0.3) is 105 Å². The van der Waals surface area contributed by atoms with Gasteiger partial charge in [0, 0.05) is 43.8 Å². The van der Waals surface area contributed by atoms with Gasteiger partial charge < -0.3 is 13.9 Å². The summed E-state index contributed by atoms with van der Waals surface area (Å²) in [7, 11) is 0. The van der Waals surface area contributed by atoms with Crippen molar-refractivity contribution < 1.29 is 4.42 Å². The van der Waals surface area contributed by atoms with Crippen LogP contribution in [-0.4, -0.2) is 4.57 Å². The minimum Gasteiger partial charge on any atom is -0.455 e. The number of fused-ring (bicyclic) bond motifs is 10. The molecule has 0 radical (unpaired) electrons. The van der Waals surface area contributed by atoms with Crippen molar-refractivity contribution in [2.75, 3.05) is 4.90 Å². The molecular formula is C67H46N2O. The van der Waals surface area contributed by atoms with Gasteiger partial charge in [-0.1, -0.05) is 196 Å². The van der Waals surface area contributed by atoms with Gasteiger partial charge in [-0.05, 0) is 105 Å². The first-order valence-corrected chi connectivity index (χ1v) is 24.3. The number of para-hydroxylation sites is 6. The molecule has 0 amide bonds. The summed E-state index contributed by atoms with van der Waals surface area (Å²) >= 11 is 0. The van der Waals surface area contributed by atoms with Crippen LogP contribution in [0.3, 0.4) is 0 Å². The van der Waals surface area contributed by atoms with Crippen LogP contribution >= 0.6 is 0 Å². The van der Waals surface area contributed by atoms with E-state index in [1.54, 1.807) is 0 Å². The minimum absolute atomic E-state index is 0.146. The smallest absolute Gasteiger partial charge is 0.145 e. The van der Waals surface area contributed by atoms with Crippen molar-refractivity contribution in [3.8, 4) is 50.2 Å². The number of anilines is 3. The predicted molar refractivity (Wildman–Crippen MR) is 294 cm³/mol. The van der Waals surface area contributed by atoms with Gasteiger partial charge in [-0.25, -0.2) is 0 Å². The molecule has 2 aromatic heterocycles. The third-order valence-corrected chi connectivity index (χ3v) is 15.0. The van der Waals surface area contributed by atoms with E-state index in [2.05, 4.69) is 266 Å². The lowest BCUT2D eigenvalue weighted by Crippen LogP contribution is -2.15. The molecule has 0 unspecified atom stereocenters. The van der Waals surface area contributed by atoms with Gasteiger partial charge in [-0.3, -0.25) is 0 Å². The number of hydrogen-bond donors (Lipinski definition) is 0. The Bertz CT molecular complexity index is 4190. The number of nitrogens with zero attached hydrogens (tertiary/aromatic N) is 2. The summed E-state index contributed by atoms with van der Waals surface area (Å²) in [6.07, 6.45) is 0. The van der Waals surface area contributed by atoms with E-state index < -0.39 is 0 Å². The molecule has 70 heavy (non-hydrogen) atoms. The van der Waals surface area contributed by atoms with Crippen molar-refractivity contribution >= 4 is 71.6 Å². The average molecular weight is 895 g/mol. The van der Waals surface area contributed by atoms with E-state index in [1.165, 1.54) is 60.4 Å². The number of benzene rings is 11. The molecule has 0 N–H and O–H groups in total. The van der Waals surface area contributed by atoms with Gasteiger partial charge in [-0.2, -0.15) is 0 Å². The Morgan fingerprint density at radius 3 is 1.64 bits per heavy atom. The molecule has 0 spiro atoms. The van der Waals surface area contributed by atoms with Crippen LogP contribution in [0.4, 0.5) is 17.1 Å². The first-order valence-electron chi connectivity index (χ1n) is 24.3. The van der Waals surface area contributed by atoms with E-state index in [1.807, 2.05) is 0 Å². The summed E-state index contributed by atoms with van der Waals surface area (Å²) in [6, 6.07) is 88.7. The fraction of sp³-hybridized carbons (Fsp3) is 0.0448. The number of furan rings is 1. The molecule has 0 aliphatic heterocycles. The highest BCUT2D eigenvalue weighted by Crippen LogP contribution is 2.53. The van der Waals surface area contributed by atoms with Crippen LogP contribution < -0.4 is 4.90 Å². The summed E-state index contributed by atoms with van der Waals surface area (Å²) in [5.74, 6) is 0. The molecule has 3 nitrogen and oxygen atoms in total. The minimum atomic E-state index is -0.146. The quantitative estimate of drug-likeness (QED) is 0.159. The molecule has 14 rings (SSSR count). The lowest BCUT2D eigenvalue weighted by Gasteiger charge is -2.31. The topological polar surface area (TPSA) is 21.3 Å². The summed E-state index contributed by atoms with van der Waals surface area (Å²) in [5.41, 5.74) is 20.2. The fourth-order valence-electron chi connectivity index (χ4n) is 11.7. The van der Waals surface area contributed by atoms with Crippen molar-refractivity contribution in [3.05, 3.63) is 254 Å². The maximum atomic E-state index is 7.19. The normalized spacial score (nSPS) is 12.8. The highest BCUT2D eigenvalue weighted by molar-refractivity contribution is 6.19. The zero-order chi connectivity index (χ0) is 46.5. The summed E-state index contributed by atoms with van der Waals surface area (Å²) in [4.78, 5) is 2.50. The standard InChI is InChI=1S/C67H46N2O/c1-67(2)56-28-12-5-23-49(56)50-38-37-46(42-57(50)67)48-22-7-14-30-59(48)69(58-29-13-6-21-47(58)45-36-35-43-19-3-4-20-44(43)41-45)63-40-39-54(66-65(63)55-27-11-18-34-64(55)70-66)53-26-10-17-33-62(53)68-60-31-15-8-24-51(60)52-25-9-16-32-61(52)68/h3-42H,1-2H3. The van der Waals surface area contributed by atoms with Crippen LogP contribution in [0.1, 0.15) is 25.0 Å². The summed E-state index contributed by atoms with van der Waals surface area (Å²) in [5, 5.41) is 7.00. The Morgan fingerprint density at radius 1 is 0.371 bits per heavy atom. The molecule has 0 fully saturated rings. The first kappa shape index (κ1) is 40.2. The van der Waals surface area contributed by atoms with E-state index in [4.69, 9.17) is 4.42 Å². The van der Waals surface area contributed by atoms with Crippen molar-refractivity contribution in [1.82, 2.24) is 4.57 Å². The Balaban J connectivity index is 1.04. The predicted octanol–water partition coefficient (Wildman–Crippen LogP) is 18.6. The van der Waals surface area contributed by atoms with E-state index in [9.17, 15) is 0 Å². The van der Waals surface area contributed by atoms with Gasteiger partial charge in [0.15, 0.2) is 0 Å². The Kier molecular flexibility index (Phi) is 8.93. The lowest BCUT2D eigenvalue weighted by molar-refractivity contribution is 0.660. The fourth-order valence-corrected chi connectivity index (χ4v) is 11.7. The molecule has 2 heterocycles. The number of rotatable bonds is 7. The van der Waals surface area contributed by atoms with Crippen molar-refractivity contribution in [3.63, 3.8) is 0 Å². The van der Waals surface area contributed by atoms with Gasteiger partial charge in [0.25, 0.3) is 0 Å². The van der Waals surface area contributed by atoms with Crippen molar-refractivity contribution in [1.29, 1.82) is 0 Å². The Labute approximate surface area is 406 Å². The monoisotopic (exact) mass is 894 g/mol. The maximum absolute atomic E-state index is 7.19. The molecule has 13 aromatic rings. The molecule has 0 saturated heterocycles. The third kappa shape index (κ3) is 6.01. The number of aromatic nitrogens is 1. The summed E-state index contributed by atoms with van der Waals surface area (Å²) in [6.45, 7) is 4.72. The Morgan fingerprint density at radius 2 is 0.900 bits per heavy atom. The largest absolute Gasteiger partial charge is 0.455 e. The molecule has 330 valence electrons. The van der Waals surface area contributed by atoms with E-state index in [0.717, 1.165) is 72.5 Å². The molecule has 1 aliphatic rings. The summed E-state index contributed by atoms with van der Waals surface area (Å²) < 4.78 is 9.61. The van der Waals surface area contributed by atoms with Crippen molar-refractivity contribution in [2.45, 2.75) is 19.3 Å². The molecule has 0 atom stereocenters. The first-order chi connectivity index (χ1) is 34.5. The second-order valence-electron chi connectivity index (χ2n) is 19.2. The molecule has 3 heteroatoms. The lowest BCUT2D eigenvalue weighted by atomic mass is 9.81. The number of hydrogen-bond acceptors (Lipinski definition) is 2. The molecule has 11 aromatic carbocycles. The molecule has 1 aliphatic carbocycles. The van der Waals surface area contributed by atoms with Gasteiger partial charge in [0.05, 0.1) is 39.2 Å². The van der Waals surface area contributed by atoms with Crippen LogP contribution in [0.2, 0.25) is 0 Å². The maximum Gasteiger partial charge on any atom is 0.145 e. The second kappa shape index (κ2) is 15.6. The third-order valence-electron chi connectivity index (χ3n) is 15.0. The molecular weight excluding hydrogens is 849 g/mol. The second-order valence-corrected chi connectivity index (χ2v) is 19.2. The zero-order valence-corrected chi connectivity index (χ0v) is 38.9. The van der Waals surface area contributed by atoms with E-state index >= 15 is 0 Å². The average Bonchev–Trinajstić information content (AvgIpc) is 4.05. The van der Waals surface area contributed by atoms with Crippen LogP contribution in [0.15, 0.2) is 247 Å². The highest BCUT2D eigenvalue weighted by atomic mass is 16.3. The SMILES string of the molecule is CC1(C)c2ccccc2-c2ccc(-c3ccccc3N(c3ccccc3-c3ccc4ccccc4c3)c3ccc(-c4ccccc4-n4c5ccccc5c5ccccc54)c4oc5ccccc5c34)cc21. The van der Waals surface area contributed by atoms with Gasteiger partial charge in [0.2, 0.25) is 0 Å². The molecule has 0 saturated carbocycles. The zero-order valence-electron chi connectivity index (χ0n) is 38.9. The van der Waals surface area contributed by atoms with E-state index in [0.29, 0.717) is 0 Å². The highest BCUT2D eigenvalue weighted by Gasteiger charge is 2.36. The van der Waals surface area contributed by atoms with Gasteiger partial charge >= 0.3 is 0 Å². The van der Waals surface area contributed by atoms with Crippen LogP contribution in [0, 0.1) is 0 Å². The van der Waals surface area contributed by atoms with Crippen LogP contribution in [-0.2, 0) is 5.41 Å². The van der Waals surface area contributed by atoms with Crippen LogP contribution in [0.5, 0.6) is 0 Å². The molecule has 0 bridgehead atoms. The van der Waals surface area contributed by atoms with Gasteiger partial charge in [-0.15, -0.1) is 0 Å². The van der Waals surface area contributed by atoms with Gasteiger partial charge in [0.1, 0.15) is 11.2 Å².